The highest BCUT2D eigenvalue weighted by molar-refractivity contribution is 9.10. The van der Waals surface area contributed by atoms with Gasteiger partial charge in [0.15, 0.2) is 0 Å². The second kappa shape index (κ2) is 6.17. The lowest BCUT2D eigenvalue weighted by molar-refractivity contribution is 0.0899. The van der Waals surface area contributed by atoms with Crippen LogP contribution >= 0.6 is 15.9 Å². The van der Waals surface area contributed by atoms with Gasteiger partial charge < -0.3 is 11.1 Å². The molecule has 110 valence electrons. The fourth-order valence-electron chi connectivity index (χ4n) is 3.06. The highest BCUT2D eigenvalue weighted by atomic mass is 79.9. The molecule has 1 amide bonds. The second-order valence-electron chi connectivity index (χ2n) is 6.14. The van der Waals surface area contributed by atoms with E-state index in [1.54, 1.807) is 0 Å². The third-order valence-corrected chi connectivity index (χ3v) is 4.86. The first kappa shape index (κ1) is 15.4. The highest BCUT2D eigenvalue weighted by Crippen LogP contribution is 2.29. The Bertz CT molecular complexity index is 515. The summed E-state index contributed by atoms with van der Waals surface area (Å²) in [6, 6.07) is 3.95. The van der Waals surface area contributed by atoms with Gasteiger partial charge in [0.1, 0.15) is 0 Å². The zero-order chi connectivity index (χ0) is 14.9. The van der Waals surface area contributed by atoms with Gasteiger partial charge in [0, 0.05) is 21.8 Å². The molecule has 0 heterocycles. The number of amides is 1. The first-order chi connectivity index (χ1) is 9.38. The van der Waals surface area contributed by atoms with E-state index in [9.17, 15) is 4.79 Å². The summed E-state index contributed by atoms with van der Waals surface area (Å²) in [4.78, 5) is 12.5. The summed E-state index contributed by atoms with van der Waals surface area (Å²) >= 11 is 3.40. The van der Waals surface area contributed by atoms with E-state index < -0.39 is 0 Å². The predicted molar refractivity (Wildman–Crippen MR) is 86.7 cm³/mol. The third-order valence-electron chi connectivity index (χ3n) is 4.41. The van der Waals surface area contributed by atoms with E-state index in [0.717, 1.165) is 22.4 Å². The van der Waals surface area contributed by atoms with Crippen LogP contribution in [-0.2, 0) is 0 Å². The summed E-state index contributed by atoms with van der Waals surface area (Å²) in [5.74, 6) is 1.29. The molecule has 0 aliphatic heterocycles. The molecular formula is C16H23BrN2O. The number of carbonyl (C=O) groups is 1. The number of carbonyl (C=O) groups excluding carboxylic acids is 1. The zero-order valence-electron chi connectivity index (χ0n) is 12.4. The molecule has 1 aromatic rings. The summed E-state index contributed by atoms with van der Waals surface area (Å²) in [5.41, 5.74) is 8.09. The van der Waals surface area contributed by atoms with Gasteiger partial charge in [-0.15, -0.1) is 0 Å². The van der Waals surface area contributed by atoms with E-state index >= 15 is 0 Å². The van der Waals surface area contributed by atoms with Crippen LogP contribution in [0, 0.1) is 18.8 Å². The maximum atomic E-state index is 12.5. The number of nitrogen functional groups attached to an aromatic ring is 1. The van der Waals surface area contributed by atoms with Crippen LogP contribution in [-0.4, -0.2) is 11.9 Å². The maximum Gasteiger partial charge on any atom is 0.251 e. The third kappa shape index (κ3) is 3.35. The lowest BCUT2D eigenvalue weighted by atomic mass is 9.80. The number of anilines is 1. The number of benzene rings is 1. The largest absolute Gasteiger partial charge is 0.398 e. The number of nitrogens with two attached hydrogens (primary N) is 1. The fraction of sp³-hybridized carbons (Fsp3) is 0.562. The molecule has 0 spiro atoms. The number of nitrogens with one attached hydrogen (secondary N) is 1. The summed E-state index contributed by atoms with van der Waals surface area (Å²) in [5, 5.41) is 3.19. The van der Waals surface area contributed by atoms with Gasteiger partial charge >= 0.3 is 0 Å². The molecule has 3 nitrogen and oxygen atoms in total. The number of rotatable bonds is 2. The molecule has 1 saturated carbocycles. The standard InChI is InChI=1S/C16H23BrN2O/c1-9-4-5-15(10(2)6-9)19-16(20)13-7-12(17)8-14(18)11(13)3/h7-10,15H,4-6,18H2,1-3H3,(H,19,20). The Morgan fingerprint density at radius 2 is 2.05 bits per heavy atom. The first-order valence-electron chi connectivity index (χ1n) is 7.25. The molecule has 3 N–H and O–H groups in total. The summed E-state index contributed by atoms with van der Waals surface area (Å²) in [7, 11) is 0. The maximum absolute atomic E-state index is 12.5. The summed E-state index contributed by atoms with van der Waals surface area (Å²) in [6.45, 7) is 6.40. The molecule has 2 rings (SSSR count). The molecule has 1 fully saturated rings. The first-order valence-corrected chi connectivity index (χ1v) is 8.04. The van der Waals surface area contributed by atoms with E-state index in [4.69, 9.17) is 5.73 Å². The molecule has 4 heteroatoms. The van der Waals surface area contributed by atoms with Crippen LogP contribution in [0.4, 0.5) is 5.69 Å². The van der Waals surface area contributed by atoms with Gasteiger partial charge in [0.05, 0.1) is 0 Å². The quantitative estimate of drug-likeness (QED) is 0.803. The predicted octanol–water partition coefficient (Wildman–Crippen LogP) is 3.89. The van der Waals surface area contributed by atoms with Gasteiger partial charge in [-0.25, -0.2) is 0 Å². The average Bonchev–Trinajstić information content (AvgIpc) is 2.37. The van der Waals surface area contributed by atoms with E-state index in [1.807, 2.05) is 19.1 Å². The molecule has 0 bridgehead atoms. The molecule has 0 aromatic heterocycles. The van der Waals surface area contributed by atoms with Crippen LogP contribution in [0.2, 0.25) is 0 Å². The number of hydrogen-bond donors (Lipinski definition) is 2. The minimum absolute atomic E-state index is 0.0121. The van der Waals surface area contributed by atoms with Gasteiger partial charge in [0.25, 0.3) is 5.91 Å². The molecule has 1 aliphatic rings. The second-order valence-corrected chi connectivity index (χ2v) is 7.06. The molecule has 1 aliphatic carbocycles. The molecular weight excluding hydrogens is 316 g/mol. The Labute approximate surface area is 129 Å². The molecule has 3 atom stereocenters. The summed E-state index contributed by atoms with van der Waals surface area (Å²) in [6.07, 6.45) is 3.44. The smallest absolute Gasteiger partial charge is 0.251 e. The van der Waals surface area contributed by atoms with Gasteiger partial charge in [-0.05, 0) is 55.7 Å². The lowest BCUT2D eigenvalue weighted by Crippen LogP contribution is -2.42. The lowest BCUT2D eigenvalue weighted by Gasteiger charge is -2.33. The Hall–Kier alpha value is -1.03. The van der Waals surface area contributed by atoms with Gasteiger partial charge in [-0.3, -0.25) is 4.79 Å². The number of hydrogen-bond acceptors (Lipinski definition) is 2. The topological polar surface area (TPSA) is 55.1 Å². The van der Waals surface area contributed by atoms with Crippen molar-refractivity contribution in [3.63, 3.8) is 0 Å². The van der Waals surface area contributed by atoms with E-state index in [0.29, 0.717) is 17.2 Å². The Morgan fingerprint density at radius 3 is 2.70 bits per heavy atom. The summed E-state index contributed by atoms with van der Waals surface area (Å²) < 4.78 is 0.844. The van der Waals surface area contributed by atoms with Crippen molar-refractivity contribution in [1.82, 2.24) is 5.32 Å². The van der Waals surface area contributed by atoms with Crippen LogP contribution in [0.5, 0.6) is 0 Å². The van der Waals surface area contributed by atoms with Gasteiger partial charge in [-0.2, -0.15) is 0 Å². The van der Waals surface area contributed by atoms with Crippen LogP contribution < -0.4 is 11.1 Å². The van der Waals surface area contributed by atoms with Crippen LogP contribution in [0.1, 0.15) is 49.0 Å². The Morgan fingerprint density at radius 1 is 1.35 bits per heavy atom. The zero-order valence-corrected chi connectivity index (χ0v) is 14.0. The molecule has 0 saturated heterocycles. The van der Waals surface area contributed by atoms with Crippen molar-refractivity contribution in [3.8, 4) is 0 Å². The SMILES string of the molecule is Cc1c(N)cc(Br)cc1C(=O)NC1CCC(C)CC1C. The van der Waals surface area contributed by atoms with Crippen molar-refractivity contribution >= 4 is 27.5 Å². The minimum Gasteiger partial charge on any atom is -0.398 e. The van der Waals surface area contributed by atoms with E-state index in [-0.39, 0.29) is 11.9 Å². The van der Waals surface area contributed by atoms with Crippen LogP contribution in [0.15, 0.2) is 16.6 Å². The number of halogens is 1. The minimum atomic E-state index is -0.0121. The van der Waals surface area contributed by atoms with Crippen molar-refractivity contribution in [2.45, 2.75) is 46.1 Å². The molecule has 0 radical (unpaired) electrons. The molecule has 3 unspecified atom stereocenters. The van der Waals surface area contributed by atoms with Crippen LogP contribution in [0.25, 0.3) is 0 Å². The van der Waals surface area contributed by atoms with Gasteiger partial charge in [0.2, 0.25) is 0 Å². The van der Waals surface area contributed by atoms with Crippen molar-refractivity contribution in [1.29, 1.82) is 0 Å². The molecule has 1 aromatic carbocycles. The fourth-order valence-corrected chi connectivity index (χ4v) is 3.54. The van der Waals surface area contributed by atoms with Crippen LogP contribution in [0.3, 0.4) is 0 Å². The molecule has 20 heavy (non-hydrogen) atoms. The average molecular weight is 339 g/mol. The van der Waals surface area contributed by atoms with E-state index in [1.165, 1.54) is 12.8 Å². The van der Waals surface area contributed by atoms with Crippen molar-refractivity contribution in [2.24, 2.45) is 11.8 Å². The van der Waals surface area contributed by atoms with Crippen molar-refractivity contribution in [3.05, 3.63) is 27.7 Å². The highest BCUT2D eigenvalue weighted by Gasteiger charge is 2.27. The Kier molecular flexibility index (Phi) is 4.74. The normalized spacial score (nSPS) is 26.3. The van der Waals surface area contributed by atoms with E-state index in [2.05, 4.69) is 35.1 Å². The monoisotopic (exact) mass is 338 g/mol. The van der Waals surface area contributed by atoms with Crippen molar-refractivity contribution in [2.75, 3.05) is 5.73 Å². The Balaban J connectivity index is 2.13. The van der Waals surface area contributed by atoms with Gasteiger partial charge in [-0.1, -0.05) is 29.8 Å². The van der Waals surface area contributed by atoms with Crippen molar-refractivity contribution < 1.29 is 4.79 Å².